The summed E-state index contributed by atoms with van der Waals surface area (Å²) in [6, 6.07) is 10.9. The summed E-state index contributed by atoms with van der Waals surface area (Å²) in [6.07, 6.45) is 4.54. The van der Waals surface area contributed by atoms with E-state index in [0.29, 0.717) is 12.5 Å². The fraction of sp³-hybridized carbons (Fsp3) is 0.579. The average Bonchev–Trinajstić information content (AvgIpc) is 3.39. The predicted molar refractivity (Wildman–Crippen MR) is 92.7 cm³/mol. The number of piperidine rings is 1. The maximum atomic E-state index is 6.19. The summed E-state index contributed by atoms with van der Waals surface area (Å²) < 4.78 is 5.52. The summed E-state index contributed by atoms with van der Waals surface area (Å²) in [5.74, 6) is 2.20. The first-order chi connectivity index (χ1) is 11.7. The Balaban J connectivity index is 1.44. The van der Waals surface area contributed by atoms with Gasteiger partial charge in [-0.2, -0.15) is 4.98 Å². The van der Waals surface area contributed by atoms with E-state index in [1.807, 2.05) is 0 Å². The number of nitrogens with zero attached hydrogens (tertiary/aromatic N) is 3. The number of nitrogens with two attached hydrogens (primary N) is 1. The highest BCUT2D eigenvalue weighted by Gasteiger charge is 2.37. The van der Waals surface area contributed by atoms with Crippen LogP contribution < -0.4 is 5.73 Å². The van der Waals surface area contributed by atoms with Gasteiger partial charge in [0.1, 0.15) is 0 Å². The molecule has 1 aliphatic heterocycles. The Morgan fingerprint density at radius 3 is 2.58 bits per heavy atom. The summed E-state index contributed by atoms with van der Waals surface area (Å²) >= 11 is 0. The lowest BCUT2D eigenvalue weighted by atomic mass is 9.72. The van der Waals surface area contributed by atoms with E-state index in [-0.39, 0.29) is 11.5 Å². The van der Waals surface area contributed by atoms with Crippen molar-refractivity contribution in [2.45, 2.75) is 50.0 Å². The summed E-state index contributed by atoms with van der Waals surface area (Å²) in [5, 5.41) is 4.15. The van der Waals surface area contributed by atoms with Gasteiger partial charge >= 0.3 is 0 Å². The summed E-state index contributed by atoms with van der Waals surface area (Å²) in [6.45, 7) is 4.89. The maximum Gasteiger partial charge on any atom is 0.243 e. The SMILES string of the molecule is CC(c1nc(C2CC2)no1)N1CCC(CN)(c2ccccc2)CC1. The van der Waals surface area contributed by atoms with Crippen molar-refractivity contribution in [2.24, 2.45) is 5.73 Å². The Bertz CT molecular complexity index is 672. The van der Waals surface area contributed by atoms with E-state index in [1.54, 1.807) is 0 Å². The van der Waals surface area contributed by atoms with E-state index in [0.717, 1.165) is 37.6 Å². The lowest BCUT2D eigenvalue weighted by Crippen LogP contribution is -2.47. The third kappa shape index (κ3) is 2.87. The molecule has 128 valence electrons. The monoisotopic (exact) mass is 326 g/mol. The third-order valence-electron chi connectivity index (χ3n) is 5.84. The van der Waals surface area contributed by atoms with Gasteiger partial charge in [0.2, 0.25) is 5.89 Å². The number of likely N-dealkylation sites (tertiary alicyclic amines) is 1. The molecule has 1 atom stereocenters. The molecule has 1 saturated carbocycles. The maximum absolute atomic E-state index is 6.19. The van der Waals surface area contributed by atoms with Crippen molar-refractivity contribution >= 4 is 0 Å². The molecule has 5 nitrogen and oxygen atoms in total. The fourth-order valence-electron chi connectivity index (χ4n) is 3.82. The van der Waals surface area contributed by atoms with Crippen molar-refractivity contribution in [3.05, 3.63) is 47.6 Å². The van der Waals surface area contributed by atoms with E-state index in [2.05, 4.69) is 52.3 Å². The van der Waals surface area contributed by atoms with E-state index >= 15 is 0 Å². The lowest BCUT2D eigenvalue weighted by molar-refractivity contribution is 0.106. The van der Waals surface area contributed by atoms with Gasteiger partial charge in [0.05, 0.1) is 6.04 Å². The van der Waals surface area contributed by atoms with Crippen LogP contribution in [0, 0.1) is 0 Å². The molecule has 1 saturated heterocycles. The minimum absolute atomic E-state index is 0.103. The Hall–Kier alpha value is -1.72. The van der Waals surface area contributed by atoms with Crippen molar-refractivity contribution in [1.82, 2.24) is 15.0 Å². The van der Waals surface area contributed by atoms with Crippen molar-refractivity contribution in [1.29, 1.82) is 0 Å². The molecule has 1 aliphatic carbocycles. The van der Waals surface area contributed by atoms with E-state index in [1.165, 1.54) is 18.4 Å². The number of rotatable bonds is 5. The molecule has 1 aromatic carbocycles. The van der Waals surface area contributed by atoms with Crippen molar-refractivity contribution in [3.63, 3.8) is 0 Å². The Morgan fingerprint density at radius 2 is 1.96 bits per heavy atom. The summed E-state index contributed by atoms with van der Waals surface area (Å²) in [4.78, 5) is 7.06. The second-order valence-electron chi connectivity index (χ2n) is 7.33. The number of hydrogen-bond donors (Lipinski definition) is 1. The van der Waals surface area contributed by atoms with Gasteiger partial charge in [0.25, 0.3) is 0 Å². The smallest absolute Gasteiger partial charge is 0.243 e. The molecular formula is C19H26N4O. The van der Waals surface area contributed by atoms with Crippen molar-refractivity contribution in [2.75, 3.05) is 19.6 Å². The van der Waals surface area contributed by atoms with Gasteiger partial charge in [-0.05, 0) is 51.3 Å². The molecule has 2 aromatic rings. The first kappa shape index (κ1) is 15.8. The minimum atomic E-state index is 0.103. The largest absolute Gasteiger partial charge is 0.338 e. The second-order valence-corrected chi connectivity index (χ2v) is 7.33. The molecule has 4 rings (SSSR count). The Morgan fingerprint density at radius 1 is 1.25 bits per heavy atom. The van der Waals surface area contributed by atoms with Crippen LogP contribution >= 0.6 is 0 Å². The van der Waals surface area contributed by atoms with E-state index in [4.69, 9.17) is 10.3 Å². The van der Waals surface area contributed by atoms with Gasteiger partial charge in [0, 0.05) is 17.9 Å². The molecule has 1 unspecified atom stereocenters. The molecule has 2 N–H and O–H groups in total. The quantitative estimate of drug-likeness (QED) is 0.915. The zero-order chi connectivity index (χ0) is 16.6. The van der Waals surface area contributed by atoms with Crippen LogP contribution in [0.4, 0.5) is 0 Å². The standard InChI is InChI=1S/C19H26N4O/c1-14(18-21-17(22-24-18)15-7-8-15)23-11-9-19(13-20,10-12-23)16-5-3-2-4-6-16/h2-6,14-15H,7-13,20H2,1H3. The number of benzene rings is 1. The molecule has 1 aromatic heterocycles. The molecule has 0 amide bonds. The molecule has 2 aliphatic rings. The van der Waals surface area contributed by atoms with Crippen LogP contribution in [0.5, 0.6) is 0 Å². The first-order valence-electron chi connectivity index (χ1n) is 9.05. The Kier molecular flexibility index (Phi) is 4.14. The van der Waals surface area contributed by atoms with Crippen LogP contribution in [0.15, 0.2) is 34.9 Å². The van der Waals surface area contributed by atoms with E-state index < -0.39 is 0 Å². The van der Waals surface area contributed by atoms with Crippen LogP contribution in [0.2, 0.25) is 0 Å². The molecule has 0 radical (unpaired) electrons. The molecule has 0 spiro atoms. The van der Waals surface area contributed by atoms with E-state index in [9.17, 15) is 0 Å². The third-order valence-corrected chi connectivity index (χ3v) is 5.84. The van der Waals surface area contributed by atoms with Gasteiger partial charge in [-0.1, -0.05) is 35.5 Å². The van der Waals surface area contributed by atoms with Gasteiger partial charge in [0.15, 0.2) is 5.82 Å². The number of aromatic nitrogens is 2. The van der Waals surface area contributed by atoms with Gasteiger partial charge in [-0.3, -0.25) is 4.90 Å². The topological polar surface area (TPSA) is 68.2 Å². The van der Waals surface area contributed by atoms with Gasteiger partial charge in [-0.25, -0.2) is 0 Å². The molecule has 0 bridgehead atoms. The van der Waals surface area contributed by atoms with Crippen molar-refractivity contribution < 1.29 is 4.52 Å². The number of hydrogen-bond acceptors (Lipinski definition) is 5. The normalized spacial score (nSPS) is 22.4. The van der Waals surface area contributed by atoms with Crippen LogP contribution in [-0.4, -0.2) is 34.7 Å². The zero-order valence-corrected chi connectivity index (χ0v) is 14.3. The van der Waals surface area contributed by atoms with Crippen LogP contribution in [0.3, 0.4) is 0 Å². The molecule has 2 fully saturated rings. The molecule has 2 heterocycles. The van der Waals surface area contributed by atoms with Crippen LogP contribution in [0.25, 0.3) is 0 Å². The summed E-state index contributed by atoms with van der Waals surface area (Å²) in [7, 11) is 0. The van der Waals surface area contributed by atoms with Crippen molar-refractivity contribution in [3.8, 4) is 0 Å². The first-order valence-corrected chi connectivity index (χ1v) is 9.05. The highest BCUT2D eigenvalue weighted by molar-refractivity contribution is 5.27. The Labute approximate surface area is 143 Å². The zero-order valence-electron chi connectivity index (χ0n) is 14.3. The lowest BCUT2D eigenvalue weighted by Gasteiger charge is -2.43. The molecular weight excluding hydrogens is 300 g/mol. The van der Waals surface area contributed by atoms with Crippen LogP contribution in [-0.2, 0) is 5.41 Å². The van der Waals surface area contributed by atoms with Gasteiger partial charge < -0.3 is 10.3 Å². The minimum Gasteiger partial charge on any atom is -0.338 e. The highest BCUT2D eigenvalue weighted by Crippen LogP contribution is 2.40. The summed E-state index contributed by atoms with van der Waals surface area (Å²) in [5.41, 5.74) is 7.66. The van der Waals surface area contributed by atoms with Gasteiger partial charge in [-0.15, -0.1) is 0 Å². The molecule has 5 heteroatoms. The predicted octanol–water partition coefficient (Wildman–Crippen LogP) is 3.00. The van der Waals surface area contributed by atoms with Crippen LogP contribution in [0.1, 0.15) is 61.8 Å². The second kappa shape index (κ2) is 6.30. The molecule has 24 heavy (non-hydrogen) atoms. The fourth-order valence-corrected chi connectivity index (χ4v) is 3.82. The average molecular weight is 326 g/mol. The highest BCUT2D eigenvalue weighted by atomic mass is 16.5.